The van der Waals surface area contributed by atoms with Crippen LogP contribution in [0.1, 0.15) is 27.2 Å². The Labute approximate surface area is 165 Å². The third-order valence-electron chi connectivity index (χ3n) is 4.74. The van der Waals surface area contributed by atoms with E-state index >= 15 is 0 Å². The zero-order valence-electron chi connectivity index (χ0n) is 15.3. The molecule has 0 bridgehead atoms. The van der Waals surface area contributed by atoms with Gasteiger partial charge in [0.2, 0.25) is 10.0 Å². The van der Waals surface area contributed by atoms with E-state index in [1.54, 1.807) is 23.1 Å². The maximum atomic E-state index is 12.8. The normalized spacial score (nSPS) is 15.4. The smallest absolute Gasteiger partial charge is 0.257 e. The van der Waals surface area contributed by atoms with Crippen molar-refractivity contribution in [3.05, 3.63) is 53.0 Å². The average molecular weight is 414 g/mol. The number of amides is 1. The van der Waals surface area contributed by atoms with Crippen molar-refractivity contribution in [2.45, 2.75) is 25.3 Å². The van der Waals surface area contributed by atoms with Gasteiger partial charge in [0.25, 0.3) is 5.91 Å². The highest BCUT2D eigenvalue weighted by molar-refractivity contribution is 7.89. The number of nitrogens with two attached hydrogens (primary N) is 1. The standard InChI is InChI=1S/C18H23N3O4S.ClH/c1-13-3-4-17(9-14(13)2)26(23,24)21-7-5-20(6-8-21)18(22)15-10-16(11-19)25-12-15;/h3-4,9-10,12H,5-8,11,19H2,1-2H3;1H. The summed E-state index contributed by atoms with van der Waals surface area (Å²) in [6.07, 6.45) is 1.39. The quantitative estimate of drug-likeness (QED) is 0.825. The van der Waals surface area contributed by atoms with E-state index in [1.165, 1.54) is 10.6 Å². The van der Waals surface area contributed by atoms with E-state index in [-0.39, 0.29) is 37.9 Å². The van der Waals surface area contributed by atoms with Crippen LogP contribution in [0.25, 0.3) is 0 Å². The van der Waals surface area contributed by atoms with E-state index in [0.29, 0.717) is 29.3 Å². The molecule has 27 heavy (non-hydrogen) atoms. The Bertz CT molecular complexity index is 918. The van der Waals surface area contributed by atoms with Crippen molar-refractivity contribution in [2.24, 2.45) is 5.73 Å². The number of carbonyl (C=O) groups excluding carboxylic acids is 1. The van der Waals surface area contributed by atoms with Gasteiger partial charge in [-0.05, 0) is 43.2 Å². The largest absolute Gasteiger partial charge is 0.467 e. The third-order valence-corrected chi connectivity index (χ3v) is 6.64. The first-order valence-corrected chi connectivity index (χ1v) is 9.91. The molecule has 2 aromatic rings. The molecule has 1 aromatic carbocycles. The Balaban J connectivity index is 0.00000261. The highest BCUT2D eigenvalue weighted by atomic mass is 35.5. The summed E-state index contributed by atoms with van der Waals surface area (Å²) in [6, 6.07) is 6.77. The molecule has 1 aromatic heterocycles. The Morgan fingerprint density at radius 3 is 2.33 bits per heavy atom. The van der Waals surface area contributed by atoms with Gasteiger partial charge in [-0.2, -0.15) is 4.31 Å². The zero-order chi connectivity index (χ0) is 18.9. The van der Waals surface area contributed by atoms with Crippen molar-refractivity contribution in [3.63, 3.8) is 0 Å². The SMILES string of the molecule is Cc1ccc(S(=O)(=O)N2CCN(C(=O)c3coc(CN)c3)CC2)cc1C.Cl. The minimum Gasteiger partial charge on any atom is -0.467 e. The highest BCUT2D eigenvalue weighted by Crippen LogP contribution is 2.21. The predicted octanol–water partition coefficient (Wildman–Crippen LogP) is 1.92. The molecule has 1 saturated heterocycles. The number of benzene rings is 1. The Morgan fingerprint density at radius 1 is 1.11 bits per heavy atom. The summed E-state index contributed by atoms with van der Waals surface area (Å²) in [5.41, 5.74) is 7.92. The van der Waals surface area contributed by atoms with Gasteiger partial charge in [0.1, 0.15) is 12.0 Å². The van der Waals surface area contributed by atoms with Crippen molar-refractivity contribution < 1.29 is 17.6 Å². The lowest BCUT2D eigenvalue weighted by Gasteiger charge is -2.33. The Kier molecular flexibility index (Phi) is 6.69. The molecule has 2 N–H and O–H groups in total. The van der Waals surface area contributed by atoms with E-state index in [4.69, 9.17) is 10.2 Å². The molecular formula is C18H24ClN3O4S. The second-order valence-corrected chi connectivity index (χ2v) is 8.39. The lowest BCUT2D eigenvalue weighted by atomic mass is 10.1. The molecule has 9 heteroatoms. The summed E-state index contributed by atoms with van der Waals surface area (Å²) in [5, 5.41) is 0. The first kappa shape index (κ1) is 21.4. The molecule has 1 fully saturated rings. The first-order valence-electron chi connectivity index (χ1n) is 8.47. The molecule has 1 amide bonds. The maximum Gasteiger partial charge on any atom is 0.257 e. The molecule has 148 valence electrons. The van der Waals surface area contributed by atoms with Crippen molar-refractivity contribution in [1.82, 2.24) is 9.21 Å². The number of halogens is 1. The number of nitrogens with zero attached hydrogens (tertiary/aromatic N) is 2. The summed E-state index contributed by atoms with van der Waals surface area (Å²) in [4.78, 5) is 14.4. The molecule has 3 rings (SSSR count). The molecule has 0 unspecified atom stereocenters. The van der Waals surface area contributed by atoms with E-state index in [9.17, 15) is 13.2 Å². The van der Waals surface area contributed by atoms with Gasteiger partial charge in [0, 0.05) is 26.2 Å². The number of sulfonamides is 1. The van der Waals surface area contributed by atoms with Crippen LogP contribution >= 0.6 is 12.4 Å². The fourth-order valence-corrected chi connectivity index (χ4v) is 4.45. The number of carbonyl (C=O) groups is 1. The number of furan rings is 1. The Hall–Kier alpha value is -1.87. The van der Waals surface area contributed by atoms with Crippen molar-refractivity contribution in [2.75, 3.05) is 26.2 Å². The molecule has 0 atom stereocenters. The molecule has 1 aliphatic heterocycles. The van der Waals surface area contributed by atoms with Gasteiger partial charge in [0.15, 0.2) is 0 Å². The van der Waals surface area contributed by atoms with Crippen LogP contribution in [-0.4, -0.2) is 49.7 Å². The fraction of sp³-hybridized carbons (Fsp3) is 0.389. The molecule has 0 aliphatic carbocycles. The summed E-state index contributed by atoms with van der Waals surface area (Å²) in [7, 11) is -3.55. The maximum absolute atomic E-state index is 12.8. The van der Waals surface area contributed by atoms with Gasteiger partial charge in [-0.1, -0.05) is 6.07 Å². The third kappa shape index (κ3) is 4.35. The van der Waals surface area contributed by atoms with E-state index in [2.05, 4.69) is 0 Å². The molecule has 0 spiro atoms. The summed E-state index contributed by atoms with van der Waals surface area (Å²) in [5.74, 6) is 0.376. The van der Waals surface area contributed by atoms with Gasteiger partial charge < -0.3 is 15.1 Å². The first-order chi connectivity index (χ1) is 12.3. The van der Waals surface area contributed by atoms with Gasteiger partial charge in [-0.15, -0.1) is 12.4 Å². The molecule has 0 radical (unpaired) electrons. The summed E-state index contributed by atoms with van der Waals surface area (Å²) < 4.78 is 32.3. The monoisotopic (exact) mass is 413 g/mol. The predicted molar refractivity (Wildman–Crippen MR) is 104 cm³/mol. The van der Waals surface area contributed by atoms with Crippen LogP contribution < -0.4 is 5.73 Å². The van der Waals surface area contributed by atoms with Crippen LogP contribution in [0.3, 0.4) is 0 Å². The average Bonchev–Trinajstić information content (AvgIpc) is 3.12. The van der Waals surface area contributed by atoms with Crippen LogP contribution in [0.15, 0.2) is 39.8 Å². The summed E-state index contributed by atoms with van der Waals surface area (Å²) >= 11 is 0. The molecule has 2 heterocycles. The lowest BCUT2D eigenvalue weighted by molar-refractivity contribution is 0.0697. The minimum atomic E-state index is -3.55. The van der Waals surface area contributed by atoms with Crippen LogP contribution in [0.4, 0.5) is 0 Å². The number of rotatable bonds is 4. The van der Waals surface area contributed by atoms with Gasteiger partial charge in [0.05, 0.1) is 17.0 Å². The molecule has 7 nitrogen and oxygen atoms in total. The van der Waals surface area contributed by atoms with Gasteiger partial charge >= 0.3 is 0 Å². The van der Waals surface area contributed by atoms with Crippen molar-refractivity contribution in [1.29, 1.82) is 0 Å². The van der Waals surface area contributed by atoms with Crippen LogP contribution in [0.5, 0.6) is 0 Å². The number of aryl methyl sites for hydroxylation is 2. The van der Waals surface area contributed by atoms with Crippen molar-refractivity contribution in [3.8, 4) is 0 Å². The number of hydrogen-bond donors (Lipinski definition) is 1. The van der Waals surface area contributed by atoms with Gasteiger partial charge in [-0.3, -0.25) is 4.79 Å². The van der Waals surface area contributed by atoms with E-state index in [1.807, 2.05) is 19.9 Å². The fourth-order valence-electron chi connectivity index (χ4n) is 2.94. The van der Waals surface area contributed by atoms with Crippen LogP contribution in [0.2, 0.25) is 0 Å². The molecule has 0 saturated carbocycles. The summed E-state index contributed by atoms with van der Waals surface area (Å²) in [6.45, 7) is 5.28. The van der Waals surface area contributed by atoms with E-state index < -0.39 is 10.0 Å². The molecule has 1 aliphatic rings. The van der Waals surface area contributed by atoms with E-state index in [0.717, 1.165) is 11.1 Å². The minimum absolute atomic E-state index is 0. The lowest BCUT2D eigenvalue weighted by Crippen LogP contribution is -2.50. The topological polar surface area (TPSA) is 96.9 Å². The zero-order valence-corrected chi connectivity index (χ0v) is 17.0. The number of piperazine rings is 1. The highest BCUT2D eigenvalue weighted by Gasteiger charge is 2.31. The van der Waals surface area contributed by atoms with Crippen molar-refractivity contribution >= 4 is 28.3 Å². The second kappa shape index (κ2) is 8.43. The second-order valence-electron chi connectivity index (χ2n) is 6.45. The van der Waals surface area contributed by atoms with Crippen LogP contribution in [0, 0.1) is 13.8 Å². The van der Waals surface area contributed by atoms with Crippen LogP contribution in [-0.2, 0) is 16.6 Å². The Morgan fingerprint density at radius 2 is 1.78 bits per heavy atom. The van der Waals surface area contributed by atoms with Gasteiger partial charge in [-0.25, -0.2) is 8.42 Å². The number of hydrogen-bond acceptors (Lipinski definition) is 5. The molecular weight excluding hydrogens is 390 g/mol.